The number of aryl methyl sites for hydroxylation is 2. The summed E-state index contributed by atoms with van der Waals surface area (Å²) < 4.78 is 17.5. The van der Waals surface area contributed by atoms with Gasteiger partial charge in [-0.1, -0.05) is 63.4 Å². The van der Waals surface area contributed by atoms with Crippen LogP contribution < -0.4 is 19.5 Å². The van der Waals surface area contributed by atoms with Crippen LogP contribution in [0.4, 0.5) is 5.69 Å². The monoisotopic (exact) mass is 634 g/mol. The number of likely N-dealkylation sites (tertiary alicyclic amines) is 1. The molecule has 2 N–H and O–H groups in total. The lowest BCUT2D eigenvalue weighted by atomic mass is 9.82. The van der Waals surface area contributed by atoms with Crippen LogP contribution in [0.25, 0.3) is 0 Å². The molecule has 0 saturated carbocycles. The van der Waals surface area contributed by atoms with Crippen LogP contribution in [0.1, 0.15) is 74.2 Å². The number of carbonyl (C=O) groups is 2. The number of hydrogen-bond donors (Lipinski definition) is 2. The van der Waals surface area contributed by atoms with Gasteiger partial charge in [-0.3, -0.25) is 14.5 Å². The minimum absolute atomic E-state index is 0.0275. The van der Waals surface area contributed by atoms with E-state index in [2.05, 4.69) is 12.2 Å². The maximum atomic E-state index is 13.7. The zero-order chi connectivity index (χ0) is 31.9. The normalized spacial score (nSPS) is 19.3. The van der Waals surface area contributed by atoms with Crippen molar-refractivity contribution in [3.63, 3.8) is 0 Å². The third kappa shape index (κ3) is 7.56. The fraction of sp³-hybridized carbons (Fsp3) is 0.444. The smallest absolute Gasteiger partial charge is 0.309 e. The molecule has 0 aliphatic carbocycles. The SMILES string of the molecule is CCCCCOc1ccc([C@H]2C(C(=O)O)[C@@H](c3ccc4c(c3)OCCO4)CN2CC(=O)Nc2c(CC)cc(Cl)cc2CC)cc1. The van der Waals surface area contributed by atoms with Gasteiger partial charge in [0, 0.05) is 29.2 Å². The average molecular weight is 635 g/mol. The van der Waals surface area contributed by atoms with Gasteiger partial charge in [0.2, 0.25) is 5.91 Å². The van der Waals surface area contributed by atoms with Gasteiger partial charge in [0.15, 0.2) is 11.5 Å². The minimum atomic E-state index is -0.915. The van der Waals surface area contributed by atoms with Crippen molar-refractivity contribution >= 4 is 29.2 Å². The van der Waals surface area contributed by atoms with Crippen LogP contribution in [-0.2, 0) is 22.4 Å². The van der Waals surface area contributed by atoms with Crippen LogP contribution in [0.3, 0.4) is 0 Å². The summed E-state index contributed by atoms with van der Waals surface area (Å²) >= 11 is 6.36. The molecule has 2 aliphatic heterocycles. The molecular weight excluding hydrogens is 592 g/mol. The van der Waals surface area contributed by atoms with Gasteiger partial charge in [0.05, 0.1) is 19.1 Å². The van der Waals surface area contributed by atoms with Crippen LogP contribution in [0.15, 0.2) is 54.6 Å². The molecule has 3 aromatic carbocycles. The number of hydrogen-bond acceptors (Lipinski definition) is 6. The number of amides is 1. The van der Waals surface area contributed by atoms with Crippen molar-refractivity contribution in [1.29, 1.82) is 0 Å². The van der Waals surface area contributed by atoms with Gasteiger partial charge < -0.3 is 24.6 Å². The number of benzene rings is 3. The lowest BCUT2D eigenvalue weighted by Crippen LogP contribution is -2.35. The van der Waals surface area contributed by atoms with E-state index in [1.54, 1.807) is 0 Å². The van der Waals surface area contributed by atoms with Gasteiger partial charge in [0.1, 0.15) is 19.0 Å². The summed E-state index contributed by atoms with van der Waals surface area (Å²) in [5.41, 5.74) is 4.39. The number of anilines is 1. The highest BCUT2D eigenvalue weighted by molar-refractivity contribution is 6.30. The molecule has 1 saturated heterocycles. The predicted octanol–water partition coefficient (Wildman–Crippen LogP) is 7.29. The van der Waals surface area contributed by atoms with Crippen molar-refractivity contribution in [1.82, 2.24) is 4.90 Å². The van der Waals surface area contributed by atoms with Crippen molar-refractivity contribution in [3.05, 3.63) is 81.9 Å². The fourth-order valence-corrected chi connectivity index (χ4v) is 6.79. The van der Waals surface area contributed by atoms with Gasteiger partial charge in [-0.25, -0.2) is 0 Å². The predicted molar refractivity (Wildman–Crippen MR) is 176 cm³/mol. The van der Waals surface area contributed by atoms with Crippen LogP contribution in [-0.4, -0.2) is 54.8 Å². The standard InChI is InChI=1S/C36H43ClN2O6/c1-4-7-8-15-43-28-12-9-25(10-13-28)35-33(36(41)42)29(26-11-14-30-31(20-26)45-17-16-44-30)21-39(35)22-32(40)38-34-23(5-2)18-27(37)19-24(34)6-3/h9-14,18-20,29,33,35H,4-8,15-17,21-22H2,1-3H3,(H,38,40)(H,41,42)/t29-,33?,35+/m1/s1. The Morgan fingerprint density at radius 2 is 1.60 bits per heavy atom. The highest BCUT2D eigenvalue weighted by atomic mass is 35.5. The number of halogens is 1. The van der Waals surface area contributed by atoms with E-state index >= 15 is 0 Å². The van der Waals surface area contributed by atoms with Crippen molar-refractivity contribution in [2.24, 2.45) is 5.92 Å². The molecule has 8 nitrogen and oxygen atoms in total. The van der Waals surface area contributed by atoms with E-state index in [9.17, 15) is 14.7 Å². The van der Waals surface area contributed by atoms with Gasteiger partial charge in [-0.2, -0.15) is 0 Å². The first kappa shape index (κ1) is 32.6. The first-order valence-corrected chi connectivity index (χ1v) is 16.4. The topological polar surface area (TPSA) is 97.3 Å². The summed E-state index contributed by atoms with van der Waals surface area (Å²) in [6, 6.07) is 16.5. The van der Waals surface area contributed by atoms with E-state index in [4.69, 9.17) is 25.8 Å². The number of carboxylic acid groups (broad SMARTS) is 1. The highest BCUT2D eigenvalue weighted by Crippen LogP contribution is 2.47. The fourth-order valence-electron chi connectivity index (χ4n) is 6.53. The largest absolute Gasteiger partial charge is 0.494 e. The molecule has 0 radical (unpaired) electrons. The van der Waals surface area contributed by atoms with Gasteiger partial charge in [-0.05, 0) is 77.9 Å². The second kappa shape index (κ2) is 15.0. The molecule has 240 valence electrons. The van der Waals surface area contributed by atoms with Crippen LogP contribution in [0.2, 0.25) is 5.02 Å². The zero-order valence-corrected chi connectivity index (χ0v) is 27.1. The molecule has 1 amide bonds. The van der Waals surface area contributed by atoms with Gasteiger partial charge in [0.25, 0.3) is 0 Å². The molecule has 5 rings (SSSR count). The second-order valence-electron chi connectivity index (χ2n) is 11.7. The Hall–Kier alpha value is -3.75. The molecule has 3 aromatic rings. The van der Waals surface area contributed by atoms with E-state index in [1.807, 2.05) is 73.3 Å². The third-order valence-corrected chi connectivity index (χ3v) is 8.97. The molecule has 0 bridgehead atoms. The lowest BCUT2D eigenvalue weighted by Gasteiger charge is -2.27. The Morgan fingerprint density at radius 3 is 2.24 bits per heavy atom. The van der Waals surface area contributed by atoms with Crippen LogP contribution >= 0.6 is 11.6 Å². The number of unbranched alkanes of at least 4 members (excludes halogenated alkanes) is 2. The molecule has 2 aliphatic rings. The number of rotatable bonds is 13. The number of carboxylic acids is 1. The van der Waals surface area contributed by atoms with Crippen molar-refractivity contribution in [2.75, 3.05) is 38.2 Å². The van der Waals surface area contributed by atoms with Gasteiger partial charge >= 0.3 is 5.97 Å². The summed E-state index contributed by atoms with van der Waals surface area (Å²) in [5.74, 6) is -0.287. The van der Waals surface area contributed by atoms with Crippen LogP contribution in [0.5, 0.6) is 17.2 Å². The Morgan fingerprint density at radius 1 is 0.933 bits per heavy atom. The highest BCUT2D eigenvalue weighted by Gasteiger charge is 2.48. The number of fused-ring (bicyclic) bond motifs is 1. The number of ether oxygens (including phenoxy) is 3. The number of carbonyl (C=O) groups excluding carboxylic acids is 1. The zero-order valence-electron chi connectivity index (χ0n) is 26.3. The molecular formula is C36H43ClN2O6. The Bertz CT molecular complexity index is 1470. The van der Waals surface area contributed by atoms with Crippen molar-refractivity contribution in [2.45, 2.75) is 64.8 Å². The maximum absolute atomic E-state index is 13.7. The molecule has 1 unspecified atom stereocenters. The summed E-state index contributed by atoms with van der Waals surface area (Å²) in [6.45, 7) is 8.18. The average Bonchev–Trinajstić information content (AvgIpc) is 3.42. The molecule has 45 heavy (non-hydrogen) atoms. The second-order valence-corrected chi connectivity index (χ2v) is 12.2. The summed E-state index contributed by atoms with van der Waals surface area (Å²) in [4.78, 5) is 28.7. The molecule has 9 heteroatoms. The lowest BCUT2D eigenvalue weighted by molar-refractivity contribution is -0.143. The molecule has 3 atom stereocenters. The Kier molecular flexibility index (Phi) is 10.9. The number of nitrogens with zero attached hydrogens (tertiary/aromatic N) is 1. The van der Waals surface area contributed by atoms with E-state index < -0.39 is 17.9 Å². The van der Waals surface area contributed by atoms with Crippen molar-refractivity contribution in [3.8, 4) is 17.2 Å². The maximum Gasteiger partial charge on any atom is 0.309 e. The number of aliphatic carboxylic acids is 1. The summed E-state index contributed by atoms with van der Waals surface area (Å²) in [5, 5.41) is 14.5. The Balaban J connectivity index is 1.45. The van der Waals surface area contributed by atoms with Gasteiger partial charge in [-0.15, -0.1) is 0 Å². The van der Waals surface area contributed by atoms with E-state index in [0.717, 1.165) is 65.8 Å². The molecule has 1 fully saturated rings. The third-order valence-electron chi connectivity index (χ3n) is 8.76. The first-order chi connectivity index (χ1) is 21.8. The molecule has 2 heterocycles. The van der Waals surface area contributed by atoms with E-state index in [0.29, 0.717) is 42.9 Å². The molecule has 0 aromatic heterocycles. The first-order valence-electron chi connectivity index (χ1n) is 16.0. The molecule has 0 spiro atoms. The van der Waals surface area contributed by atoms with Crippen molar-refractivity contribution < 1.29 is 28.9 Å². The summed E-state index contributed by atoms with van der Waals surface area (Å²) in [6.07, 6.45) is 4.64. The Labute approximate surface area is 270 Å². The minimum Gasteiger partial charge on any atom is -0.494 e. The number of nitrogens with one attached hydrogen (secondary N) is 1. The quantitative estimate of drug-likeness (QED) is 0.191. The van der Waals surface area contributed by atoms with E-state index in [-0.39, 0.29) is 18.4 Å². The van der Waals surface area contributed by atoms with E-state index in [1.165, 1.54) is 0 Å². The summed E-state index contributed by atoms with van der Waals surface area (Å²) in [7, 11) is 0. The van der Waals surface area contributed by atoms with Crippen LogP contribution in [0, 0.1) is 5.92 Å².